The van der Waals surface area contributed by atoms with Crippen LogP contribution in [0.3, 0.4) is 0 Å². The van der Waals surface area contributed by atoms with E-state index in [4.69, 9.17) is 4.42 Å². The van der Waals surface area contributed by atoms with Crippen LogP contribution in [-0.2, 0) is 7.05 Å². The summed E-state index contributed by atoms with van der Waals surface area (Å²) < 4.78 is 8.22. The van der Waals surface area contributed by atoms with E-state index >= 15 is 0 Å². The van der Waals surface area contributed by atoms with E-state index in [1.165, 1.54) is 27.0 Å². The fraction of sp³-hybridized carbons (Fsp3) is 0.118. The van der Waals surface area contributed by atoms with Gasteiger partial charge in [0.25, 0.3) is 15.4 Å². The molecule has 2 aromatic carbocycles. The molecule has 2 aromatic heterocycles. The molecule has 0 amide bonds. The zero-order valence-corrected chi connectivity index (χ0v) is 12.2. The third-order valence-electron chi connectivity index (χ3n) is 3.74. The van der Waals surface area contributed by atoms with E-state index in [1.54, 1.807) is 11.3 Å². The Morgan fingerprint density at radius 3 is 2.60 bits per heavy atom. The van der Waals surface area contributed by atoms with Crippen LogP contribution in [0.15, 0.2) is 52.9 Å². The highest BCUT2D eigenvalue weighted by Crippen LogP contribution is 2.35. The smallest absolute Gasteiger partial charge is 0.273 e. The van der Waals surface area contributed by atoms with E-state index in [-0.39, 0.29) is 0 Å². The SMILES string of the molecule is Cc1ccccc1-c1sc2oc3ccccc3c2[n+]1C. The second-order valence-corrected chi connectivity index (χ2v) is 5.98. The molecule has 0 radical (unpaired) electrons. The van der Waals surface area contributed by atoms with Gasteiger partial charge in [-0.1, -0.05) is 30.3 Å². The molecule has 98 valence electrons. The van der Waals surface area contributed by atoms with Gasteiger partial charge < -0.3 is 4.42 Å². The molecule has 2 nitrogen and oxygen atoms in total. The molecule has 4 rings (SSSR count). The zero-order valence-electron chi connectivity index (χ0n) is 11.4. The number of fused-ring (bicyclic) bond motifs is 3. The highest BCUT2D eigenvalue weighted by Gasteiger charge is 2.25. The largest absolute Gasteiger partial charge is 0.439 e. The lowest BCUT2D eigenvalue weighted by Gasteiger charge is -1.99. The Bertz CT molecular complexity index is 933. The fourth-order valence-electron chi connectivity index (χ4n) is 2.70. The number of benzene rings is 2. The van der Waals surface area contributed by atoms with Crippen molar-refractivity contribution in [3.05, 3.63) is 54.1 Å². The second kappa shape index (κ2) is 4.18. The molecule has 0 aliphatic rings. The normalized spacial score (nSPS) is 11.5. The van der Waals surface area contributed by atoms with E-state index in [0.29, 0.717) is 0 Å². The second-order valence-electron chi connectivity index (χ2n) is 5.02. The van der Waals surface area contributed by atoms with Gasteiger partial charge in [-0.25, -0.2) is 0 Å². The molecule has 0 aliphatic heterocycles. The Balaban J connectivity index is 2.08. The molecule has 0 aliphatic carbocycles. The van der Waals surface area contributed by atoms with E-state index in [0.717, 1.165) is 10.5 Å². The van der Waals surface area contributed by atoms with Crippen LogP contribution in [-0.4, -0.2) is 0 Å². The summed E-state index contributed by atoms with van der Waals surface area (Å²) in [6.45, 7) is 2.15. The first kappa shape index (κ1) is 11.7. The summed E-state index contributed by atoms with van der Waals surface area (Å²) in [5.74, 6) is 0. The molecule has 4 aromatic rings. The maximum atomic E-state index is 5.97. The van der Waals surface area contributed by atoms with Crippen molar-refractivity contribution in [2.75, 3.05) is 0 Å². The summed E-state index contributed by atoms with van der Waals surface area (Å²) in [4.78, 5) is 0.993. The van der Waals surface area contributed by atoms with Gasteiger partial charge in [0.05, 0.1) is 10.9 Å². The van der Waals surface area contributed by atoms with Crippen LogP contribution in [0.25, 0.3) is 32.0 Å². The Kier molecular flexibility index (Phi) is 2.44. The van der Waals surface area contributed by atoms with Gasteiger partial charge in [-0.3, -0.25) is 0 Å². The molecule has 20 heavy (non-hydrogen) atoms. The van der Waals surface area contributed by atoms with Crippen molar-refractivity contribution in [3.63, 3.8) is 0 Å². The first-order chi connectivity index (χ1) is 9.75. The average Bonchev–Trinajstić information content (AvgIpc) is 2.97. The number of para-hydroxylation sites is 1. The topological polar surface area (TPSA) is 17.0 Å². The van der Waals surface area contributed by atoms with Crippen molar-refractivity contribution < 1.29 is 8.98 Å². The molecule has 0 N–H and O–H groups in total. The van der Waals surface area contributed by atoms with Crippen LogP contribution in [0.2, 0.25) is 0 Å². The summed E-state index contributed by atoms with van der Waals surface area (Å²) in [5.41, 5.74) is 4.70. The first-order valence-corrected chi connectivity index (χ1v) is 7.43. The maximum Gasteiger partial charge on any atom is 0.273 e. The highest BCUT2D eigenvalue weighted by molar-refractivity contribution is 7.20. The lowest BCUT2D eigenvalue weighted by Crippen LogP contribution is -2.28. The lowest BCUT2D eigenvalue weighted by atomic mass is 10.1. The van der Waals surface area contributed by atoms with E-state index in [1.807, 2.05) is 12.1 Å². The van der Waals surface area contributed by atoms with Crippen molar-refractivity contribution in [1.29, 1.82) is 0 Å². The number of hydrogen-bond acceptors (Lipinski definition) is 2. The minimum absolute atomic E-state index is 0.959. The molecule has 0 atom stereocenters. The third kappa shape index (κ3) is 1.53. The van der Waals surface area contributed by atoms with Crippen molar-refractivity contribution in [1.82, 2.24) is 0 Å². The predicted molar refractivity (Wildman–Crippen MR) is 82.9 cm³/mol. The Labute approximate surface area is 120 Å². The van der Waals surface area contributed by atoms with Gasteiger partial charge in [0.2, 0.25) is 0 Å². The van der Waals surface area contributed by atoms with Crippen LogP contribution >= 0.6 is 11.3 Å². The minimum atomic E-state index is 0.959. The Hall–Kier alpha value is -2.13. The summed E-state index contributed by atoms with van der Waals surface area (Å²) in [7, 11) is 2.11. The third-order valence-corrected chi connectivity index (χ3v) is 4.89. The molecule has 0 unspecified atom stereocenters. The van der Waals surface area contributed by atoms with Crippen LogP contribution in [0, 0.1) is 6.92 Å². The number of thiazole rings is 1. The van der Waals surface area contributed by atoms with Crippen molar-refractivity contribution >= 4 is 32.7 Å². The van der Waals surface area contributed by atoms with Crippen molar-refractivity contribution in [3.8, 4) is 10.6 Å². The zero-order chi connectivity index (χ0) is 13.7. The maximum absolute atomic E-state index is 5.97. The number of aryl methyl sites for hydroxylation is 2. The standard InChI is InChI=1S/C17H14NOS/c1-11-7-3-4-8-12(11)16-18(2)15-13-9-5-6-10-14(13)19-17(15)20-16/h3-10H,1-2H3/q+1. The molecule has 2 heterocycles. The van der Waals surface area contributed by atoms with E-state index in [9.17, 15) is 0 Å². The molecule has 0 spiro atoms. The van der Waals surface area contributed by atoms with Gasteiger partial charge in [0.15, 0.2) is 0 Å². The summed E-state index contributed by atoms with van der Waals surface area (Å²) in [5, 5.41) is 2.42. The van der Waals surface area contributed by atoms with E-state index in [2.05, 4.69) is 54.9 Å². The molecule has 0 saturated carbocycles. The van der Waals surface area contributed by atoms with Crippen molar-refractivity contribution in [2.45, 2.75) is 6.92 Å². The molecule has 3 heteroatoms. The van der Waals surface area contributed by atoms with Crippen molar-refractivity contribution in [2.24, 2.45) is 7.05 Å². The van der Waals surface area contributed by atoms with Crippen LogP contribution in [0.4, 0.5) is 0 Å². The number of rotatable bonds is 1. The van der Waals surface area contributed by atoms with Gasteiger partial charge in [-0.05, 0) is 42.0 Å². The summed E-state index contributed by atoms with van der Waals surface area (Å²) in [6.07, 6.45) is 0. The predicted octanol–water partition coefficient (Wildman–Crippen LogP) is 4.45. The number of aromatic nitrogens is 1. The van der Waals surface area contributed by atoms with Gasteiger partial charge in [-0.15, -0.1) is 0 Å². The van der Waals surface area contributed by atoms with Gasteiger partial charge in [0.1, 0.15) is 12.6 Å². The molecular formula is C17H14NOS+. The molecular weight excluding hydrogens is 266 g/mol. The van der Waals surface area contributed by atoms with Gasteiger partial charge in [0, 0.05) is 0 Å². The fourth-order valence-corrected chi connectivity index (χ4v) is 3.92. The quantitative estimate of drug-likeness (QED) is 0.471. The van der Waals surface area contributed by atoms with Gasteiger partial charge in [-0.2, -0.15) is 4.57 Å². The molecule has 0 bridgehead atoms. The first-order valence-electron chi connectivity index (χ1n) is 6.62. The lowest BCUT2D eigenvalue weighted by molar-refractivity contribution is -0.628. The minimum Gasteiger partial charge on any atom is -0.439 e. The Morgan fingerprint density at radius 2 is 1.75 bits per heavy atom. The number of furan rings is 1. The van der Waals surface area contributed by atoms with Gasteiger partial charge >= 0.3 is 0 Å². The monoisotopic (exact) mass is 280 g/mol. The van der Waals surface area contributed by atoms with Crippen LogP contribution < -0.4 is 4.57 Å². The van der Waals surface area contributed by atoms with Crippen LogP contribution in [0.5, 0.6) is 0 Å². The summed E-state index contributed by atoms with van der Waals surface area (Å²) in [6, 6.07) is 16.7. The average molecular weight is 280 g/mol. The van der Waals surface area contributed by atoms with E-state index < -0.39 is 0 Å². The van der Waals surface area contributed by atoms with Crippen LogP contribution in [0.1, 0.15) is 5.56 Å². The molecule has 0 fully saturated rings. The molecule has 0 saturated heterocycles. The Morgan fingerprint density at radius 1 is 1.00 bits per heavy atom. The highest BCUT2D eigenvalue weighted by atomic mass is 32.1. The number of hydrogen-bond donors (Lipinski definition) is 0. The number of nitrogens with zero attached hydrogens (tertiary/aromatic N) is 1. The summed E-state index contributed by atoms with van der Waals surface area (Å²) >= 11 is 1.71.